The minimum atomic E-state index is -0.388. The van der Waals surface area contributed by atoms with E-state index in [1.165, 1.54) is 0 Å². The van der Waals surface area contributed by atoms with Gasteiger partial charge in [-0.25, -0.2) is 0 Å². The van der Waals surface area contributed by atoms with Crippen LogP contribution in [0.5, 0.6) is 0 Å². The largest absolute Gasteiger partial charge is 0.393 e. The zero-order chi connectivity index (χ0) is 13.2. The first-order valence-electron chi connectivity index (χ1n) is 5.78. The van der Waals surface area contributed by atoms with Crippen molar-refractivity contribution in [2.45, 2.75) is 33.3 Å². The Morgan fingerprint density at radius 1 is 1.53 bits per heavy atom. The third-order valence-electron chi connectivity index (χ3n) is 2.95. The van der Waals surface area contributed by atoms with Gasteiger partial charge in [-0.3, -0.25) is 9.48 Å². The van der Waals surface area contributed by atoms with Gasteiger partial charge in [0.25, 0.3) is 5.91 Å². The number of nitrogens with zero attached hydrogens (tertiary/aromatic N) is 3. The van der Waals surface area contributed by atoms with Crippen LogP contribution in [-0.2, 0) is 7.05 Å². The quantitative estimate of drug-likeness (QED) is 0.848. The summed E-state index contributed by atoms with van der Waals surface area (Å²) in [4.78, 5) is 13.8. The molecular formula is C12H21N3O2. The minimum absolute atomic E-state index is 0.0336. The molecule has 1 aromatic rings. The summed E-state index contributed by atoms with van der Waals surface area (Å²) in [5, 5.41) is 13.4. The molecule has 0 aromatic carbocycles. The van der Waals surface area contributed by atoms with Crippen molar-refractivity contribution in [3.63, 3.8) is 0 Å². The molecule has 0 saturated heterocycles. The minimum Gasteiger partial charge on any atom is -0.393 e. The predicted octanol–water partition coefficient (Wildman–Crippen LogP) is 0.880. The van der Waals surface area contributed by atoms with Crippen molar-refractivity contribution in [2.24, 2.45) is 7.05 Å². The first-order chi connectivity index (χ1) is 7.84. The summed E-state index contributed by atoms with van der Waals surface area (Å²) in [7, 11) is 3.57. The summed E-state index contributed by atoms with van der Waals surface area (Å²) in [6.45, 7) is 5.99. The van der Waals surface area contributed by atoms with Gasteiger partial charge in [-0.2, -0.15) is 5.10 Å². The van der Waals surface area contributed by atoms with Crippen LogP contribution in [0.1, 0.15) is 35.1 Å². The van der Waals surface area contributed by atoms with Crippen molar-refractivity contribution >= 4 is 5.91 Å². The molecule has 0 aliphatic carbocycles. The maximum Gasteiger partial charge on any atom is 0.257 e. The fourth-order valence-electron chi connectivity index (χ4n) is 1.76. The summed E-state index contributed by atoms with van der Waals surface area (Å²) >= 11 is 0. The molecule has 0 fully saturated rings. The van der Waals surface area contributed by atoms with E-state index in [1.807, 2.05) is 20.9 Å². The lowest BCUT2D eigenvalue weighted by molar-refractivity contribution is 0.0767. The molecule has 1 aromatic heterocycles. The van der Waals surface area contributed by atoms with Crippen LogP contribution in [0, 0.1) is 13.8 Å². The van der Waals surface area contributed by atoms with Crippen LogP contribution in [0.2, 0.25) is 0 Å². The molecule has 0 spiro atoms. The van der Waals surface area contributed by atoms with E-state index in [-0.39, 0.29) is 12.0 Å². The van der Waals surface area contributed by atoms with Crippen LogP contribution in [-0.4, -0.2) is 45.4 Å². The van der Waals surface area contributed by atoms with Crippen molar-refractivity contribution < 1.29 is 9.90 Å². The number of carbonyl (C=O) groups is 1. The second kappa shape index (κ2) is 5.31. The van der Waals surface area contributed by atoms with Crippen LogP contribution < -0.4 is 0 Å². The number of carbonyl (C=O) groups excluding carboxylic acids is 1. The smallest absolute Gasteiger partial charge is 0.257 e. The van der Waals surface area contributed by atoms with Gasteiger partial charge in [-0.05, 0) is 27.2 Å². The molecule has 1 heterocycles. The van der Waals surface area contributed by atoms with E-state index in [1.54, 1.807) is 23.6 Å². The van der Waals surface area contributed by atoms with E-state index in [2.05, 4.69) is 5.10 Å². The van der Waals surface area contributed by atoms with Crippen molar-refractivity contribution in [1.29, 1.82) is 0 Å². The molecule has 5 heteroatoms. The highest BCUT2D eigenvalue weighted by molar-refractivity contribution is 5.96. The Morgan fingerprint density at radius 3 is 2.53 bits per heavy atom. The van der Waals surface area contributed by atoms with E-state index in [0.717, 1.165) is 11.4 Å². The van der Waals surface area contributed by atoms with E-state index in [0.29, 0.717) is 18.5 Å². The Bertz CT molecular complexity index is 410. The highest BCUT2D eigenvalue weighted by Crippen LogP contribution is 2.14. The molecule has 1 atom stereocenters. The molecule has 1 unspecified atom stereocenters. The standard InChI is InChI=1S/C12H21N3O2/c1-8(16)6-7-14(4)12(17)11-9(2)13-15(5)10(11)3/h8,16H,6-7H2,1-5H3. The maximum absolute atomic E-state index is 12.2. The van der Waals surface area contributed by atoms with Gasteiger partial charge in [0.05, 0.1) is 17.4 Å². The second-order valence-electron chi connectivity index (χ2n) is 4.53. The summed E-state index contributed by atoms with van der Waals surface area (Å²) < 4.78 is 1.71. The van der Waals surface area contributed by atoms with Gasteiger partial charge in [-0.15, -0.1) is 0 Å². The van der Waals surface area contributed by atoms with Crippen LogP contribution in [0.4, 0.5) is 0 Å². The number of hydrogen-bond donors (Lipinski definition) is 1. The first-order valence-corrected chi connectivity index (χ1v) is 5.78. The Balaban J connectivity index is 2.82. The summed E-state index contributed by atoms with van der Waals surface area (Å²) in [6.07, 6.45) is 0.196. The van der Waals surface area contributed by atoms with Crippen LogP contribution in [0.25, 0.3) is 0 Å². The molecule has 1 amide bonds. The van der Waals surface area contributed by atoms with Gasteiger partial charge < -0.3 is 10.0 Å². The molecule has 5 nitrogen and oxygen atoms in total. The normalized spacial score (nSPS) is 12.6. The number of aryl methyl sites for hydroxylation is 2. The summed E-state index contributed by atoms with van der Waals surface area (Å²) in [6, 6.07) is 0. The average molecular weight is 239 g/mol. The lowest BCUT2D eigenvalue weighted by Gasteiger charge is -2.18. The number of hydrogen-bond acceptors (Lipinski definition) is 3. The predicted molar refractivity (Wildman–Crippen MR) is 65.9 cm³/mol. The highest BCUT2D eigenvalue weighted by atomic mass is 16.3. The van der Waals surface area contributed by atoms with Gasteiger partial charge in [-0.1, -0.05) is 0 Å². The molecule has 0 radical (unpaired) electrons. The topological polar surface area (TPSA) is 58.4 Å². The van der Waals surface area contributed by atoms with Crippen molar-refractivity contribution in [3.05, 3.63) is 17.0 Å². The number of aromatic nitrogens is 2. The van der Waals surface area contributed by atoms with Gasteiger partial charge in [0, 0.05) is 26.3 Å². The average Bonchev–Trinajstić information content (AvgIpc) is 2.49. The molecule has 0 aliphatic rings. The Kier molecular flexibility index (Phi) is 4.28. The molecular weight excluding hydrogens is 218 g/mol. The lowest BCUT2D eigenvalue weighted by Crippen LogP contribution is -2.30. The van der Waals surface area contributed by atoms with Crippen molar-refractivity contribution in [3.8, 4) is 0 Å². The van der Waals surface area contributed by atoms with Gasteiger partial charge in [0.1, 0.15) is 0 Å². The van der Waals surface area contributed by atoms with Crippen LogP contribution in [0.3, 0.4) is 0 Å². The van der Waals surface area contributed by atoms with E-state index >= 15 is 0 Å². The first kappa shape index (κ1) is 13.7. The van der Waals surface area contributed by atoms with Crippen LogP contribution >= 0.6 is 0 Å². The fourth-order valence-corrected chi connectivity index (χ4v) is 1.76. The number of amides is 1. The SMILES string of the molecule is Cc1nn(C)c(C)c1C(=O)N(C)CCC(C)O. The van der Waals surface area contributed by atoms with Gasteiger partial charge in [0.2, 0.25) is 0 Å². The third kappa shape index (κ3) is 3.06. The van der Waals surface area contributed by atoms with E-state index in [4.69, 9.17) is 0 Å². The number of aliphatic hydroxyl groups excluding tert-OH is 1. The highest BCUT2D eigenvalue weighted by Gasteiger charge is 2.20. The number of aliphatic hydroxyl groups is 1. The van der Waals surface area contributed by atoms with Gasteiger partial charge in [0.15, 0.2) is 0 Å². The van der Waals surface area contributed by atoms with Crippen molar-refractivity contribution in [2.75, 3.05) is 13.6 Å². The lowest BCUT2D eigenvalue weighted by atomic mass is 10.1. The molecule has 0 saturated carbocycles. The maximum atomic E-state index is 12.2. The van der Waals surface area contributed by atoms with Crippen molar-refractivity contribution in [1.82, 2.24) is 14.7 Å². The molecule has 1 rings (SSSR count). The Labute approximate surface area is 102 Å². The fraction of sp³-hybridized carbons (Fsp3) is 0.667. The third-order valence-corrected chi connectivity index (χ3v) is 2.95. The molecule has 96 valence electrons. The molecule has 0 aliphatic heterocycles. The Hall–Kier alpha value is -1.36. The van der Waals surface area contributed by atoms with Crippen LogP contribution in [0.15, 0.2) is 0 Å². The number of rotatable bonds is 4. The van der Waals surface area contributed by atoms with Gasteiger partial charge >= 0.3 is 0 Å². The molecule has 17 heavy (non-hydrogen) atoms. The van der Waals surface area contributed by atoms with E-state index in [9.17, 15) is 9.90 Å². The molecule has 1 N–H and O–H groups in total. The zero-order valence-corrected chi connectivity index (χ0v) is 11.2. The Morgan fingerprint density at radius 2 is 2.12 bits per heavy atom. The second-order valence-corrected chi connectivity index (χ2v) is 4.53. The summed E-state index contributed by atoms with van der Waals surface area (Å²) in [5.41, 5.74) is 2.29. The zero-order valence-electron chi connectivity index (χ0n) is 11.2. The van der Waals surface area contributed by atoms with E-state index < -0.39 is 0 Å². The monoisotopic (exact) mass is 239 g/mol. The summed E-state index contributed by atoms with van der Waals surface area (Å²) in [5.74, 6) is -0.0336. The molecule has 0 bridgehead atoms.